The van der Waals surface area contributed by atoms with Gasteiger partial charge < -0.3 is 14.9 Å². The molecule has 0 saturated heterocycles. The second kappa shape index (κ2) is 9.59. The Morgan fingerprint density at radius 2 is 1.84 bits per heavy atom. The van der Waals surface area contributed by atoms with E-state index in [9.17, 15) is 29.9 Å². The Morgan fingerprint density at radius 3 is 2.45 bits per heavy atom. The van der Waals surface area contributed by atoms with Crippen LogP contribution in [0.25, 0.3) is 0 Å². The van der Waals surface area contributed by atoms with Crippen LogP contribution in [0.2, 0.25) is 0 Å². The van der Waals surface area contributed by atoms with Crippen LogP contribution in [-0.2, 0) is 4.79 Å². The second-order valence-electron chi connectivity index (χ2n) is 8.22. The first-order valence-electron chi connectivity index (χ1n) is 9.87. The average molecular weight is 429 g/mol. The van der Waals surface area contributed by atoms with Crippen LogP contribution in [0.1, 0.15) is 48.2 Å². The number of nitrogens with zero attached hydrogens (tertiary/aromatic N) is 1. The lowest BCUT2D eigenvalue weighted by Gasteiger charge is -2.30. The summed E-state index contributed by atoms with van der Waals surface area (Å²) in [7, 11) is 0. The first kappa shape index (κ1) is 23.9. The molecule has 2 N–H and O–H groups in total. The lowest BCUT2D eigenvalue weighted by Crippen LogP contribution is -2.35. The van der Waals surface area contributed by atoms with E-state index >= 15 is 0 Å². The van der Waals surface area contributed by atoms with Crippen LogP contribution < -0.4 is 4.74 Å². The Bertz CT molecular complexity index is 997. The predicted octanol–water partition coefficient (Wildman–Crippen LogP) is 4.69. The number of carbonyl (C=O) groups excluding carboxylic acids is 1. The lowest BCUT2D eigenvalue weighted by molar-refractivity contribution is -0.385. The monoisotopic (exact) mass is 429 g/mol. The van der Waals surface area contributed by atoms with Gasteiger partial charge in [-0.2, -0.15) is 0 Å². The number of carboxylic acid groups (broad SMARTS) is 1. The molecular formula is C23H27NO7. The fourth-order valence-corrected chi connectivity index (χ4v) is 3.25. The zero-order valence-electron chi connectivity index (χ0n) is 18.0. The molecule has 2 rings (SSSR count). The summed E-state index contributed by atoms with van der Waals surface area (Å²) in [5.41, 5.74) is 0.243. The van der Waals surface area contributed by atoms with Crippen LogP contribution in [0.4, 0.5) is 5.69 Å². The topological polar surface area (TPSA) is 127 Å². The summed E-state index contributed by atoms with van der Waals surface area (Å²) in [6, 6.07) is 9.19. The number of hydrogen-bond donors (Lipinski definition) is 2. The van der Waals surface area contributed by atoms with Gasteiger partial charge in [0.15, 0.2) is 11.5 Å². The van der Waals surface area contributed by atoms with Gasteiger partial charge in [-0.05, 0) is 69.4 Å². The van der Waals surface area contributed by atoms with E-state index in [1.165, 1.54) is 6.07 Å². The highest BCUT2D eigenvalue weighted by atomic mass is 16.6. The van der Waals surface area contributed by atoms with E-state index in [0.717, 1.165) is 23.3 Å². The Balaban J connectivity index is 2.19. The molecule has 1 unspecified atom stereocenters. The van der Waals surface area contributed by atoms with E-state index in [4.69, 9.17) is 4.74 Å². The zero-order chi connectivity index (χ0) is 23.3. The van der Waals surface area contributed by atoms with E-state index < -0.39 is 39.4 Å². The fraction of sp³-hybridized carbons (Fsp3) is 0.391. The van der Waals surface area contributed by atoms with Gasteiger partial charge >= 0.3 is 11.7 Å². The summed E-state index contributed by atoms with van der Waals surface area (Å²) in [5.74, 6) is -1.89. The van der Waals surface area contributed by atoms with Crippen molar-refractivity contribution < 1.29 is 29.5 Å². The number of phenols is 1. The van der Waals surface area contributed by atoms with Crippen molar-refractivity contribution in [2.24, 2.45) is 11.3 Å². The molecule has 0 saturated carbocycles. The molecule has 2 aromatic rings. The van der Waals surface area contributed by atoms with Crippen LogP contribution in [0.5, 0.6) is 11.5 Å². The quantitative estimate of drug-likeness (QED) is 0.319. The number of Topliss-reactive ketones (excluding diaryl/α,β-unsaturated/α-hetero) is 1. The molecule has 8 heteroatoms. The molecule has 0 fully saturated rings. The van der Waals surface area contributed by atoms with E-state index in [1.54, 1.807) is 13.8 Å². The maximum atomic E-state index is 12.8. The maximum Gasteiger partial charge on any atom is 0.311 e. The SMILES string of the molecule is Cc1ccc(C)c(OCCC(CC(=O)c2ccc(O)c([N+](=O)[O-])c2)C(C)(C)C(=O)O)c1. The van der Waals surface area contributed by atoms with Crippen molar-refractivity contribution >= 4 is 17.4 Å². The molecule has 8 nitrogen and oxygen atoms in total. The number of carboxylic acids is 1. The van der Waals surface area contributed by atoms with E-state index in [-0.39, 0.29) is 18.6 Å². The first-order valence-corrected chi connectivity index (χ1v) is 9.87. The van der Waals surface area contributed by atoms with Crippen LogP contribution in [0.3, 0.4) is 0 Å². The number of aliphatic carboxylic acids is 1. The van der Waals surface area contributed by atoms with Gasteiger partial charge in [0.2, 0.25) is 0 Å². The molecule has 0 radical (unpaired) electrons. The minimum Gasteiger partial charge on any atom is -0.502 e. The lowest BCUT2D eigenvalue weighted by atomic mass is 9.74. The van der Waals surface area contributed by atoms with Crippen molar-refractivity contribution in [2.45, 2.75) is 40.5 Å². The summed E-state index contributed by atoms with van der Waals surface area (Å²) < 4.78 is 5.85. The number of nitro groups is 1. The van der Waals surface area contributed by atoms with Crippen LogP contribution in [0, 0.1) is 35.3 Å². The molecule has 0 aliphatic rings. The maximum absolute atomic E-state index is 12.8. The van der Waals surface area contributed by atoms with Gasteiger partial charge in [-0.3, -0.25) is 19.7 Å². The summed E-state index contributed by atoms with van der Waals surface area (Å²) in [4.78, 5) is 34.9. The standard InChI is InChI=1S/C23H27NO7/c1-14-5-6-15(2)21(11-14)31-10-9-17(23(3,4)22(27)28)13-20(26)16-7-8-19(25)18(12-16)24(29)30/h5-8,11-12,17,25H,9-10,13H2,1-4H3,(H,27,28). The molecule has 2 aromatic carbocycles. The number of hydrogen-bond acceptors (Lipinski definition) is 6. The van der Waals surface area contributed by atoms with Crippen LogP contribution in [-0.4, -0.2) is 33.5 Å². The molecule has 0 heterocycles. The third-order valence-corrected chi connectivity index (χ3v) is 5.57. The minimum atomic E-state index is -1.22. The number of ketones is 1. The molecule has 0 aliphatic carbocycles. The van der Waals surface area contributed by atoms with Crippen LogP contribution in [0.15, 0.2) is 36.4 Å². The molecule has 0 aliphatic heterocycles. The largest absolute Gasteiger partial charge is 0.502 e. The van der Waals surface area contributed by atoms with Crippen molar-refractivity contribution in [3.8, 4) is 11.5 Å². The number of aryl methyl sites for hydroxylation is 2. The van der Waals surface area contributed by atoms with Gasteiger partial charge in [-0.25, -0.2) is 0 Å². The first-order chi connectivity index (χ1) is 14.4. The molecule has 0 spiro atoms. The van der Waals surface area contributed by atoms with Gasteiger partial charge in [0.05, 0.1) is 16.9 Å². The van der Waals surface area contributed by atoms with Gasteiger partial charge in [0, 0.05) is 18.1 Å². The normalized spacial score (nSPS) is 12.3. The summed E-state index contributed by atoms with van der Waals surface area (Å²) in [6.45, 7) is 7.16. The van der Waals surface area contributed by atoms with Crippen LogP contribution >= 0.6 is 0 Å². The molecule has 0 aromatic heterocycles. The minimum absolute atomic E-state index is 0.0473. The van der Waals surface area contributed by atoms with Crippen molar-refractivity contribution in [2.75, 3.05) is 6.61 Å². The third kappa shape index (κ3) is 5.81. The molecule has 0 bridgehead atoms. The Kier molecular flexibility index (Phi) is 7.38. The van der Waals surface area contributed by atoms with Gasteiger partial charge in [-0.15, -0.1) is 0 Å². The van der Waals surface area contributed by atoms with E-state index in [1.807, 2.05) is 32.0 Å². The zero-order valence-corrected chi connectivity index (χ0v) is 18.0. The van der Waals surface area contributed by atoms with Gasteiger partial charge in [-0.1, -0.05) is 12.1 Å². The van der Waals surface area contributed by atoms with E-state index in [0.29, 0.717) is 12.2 Å². The summed E-state index contributed by atoms with van der Waals surface area (Å²) >= 11 is 0. The van der Waals surface area contributed by atoms with Gasteiger partial charge in [0.25, 0.3) is 0 Å². The summed E-state index contributed by atoms with van der Waals surface area (Å²) in [6.07, 6.45) is 0.177. The van der Waals surface area contributed by atoms with Crippen molar-refractivity contribution in [3.05, 3.63) is 63.2 Å². The third-order valence-electron chi connectivity index (χ3n) is 5.57. The highest BCUT2D eigenvalue weighted by Crippen LogP contribution is 2.35. The fourth-order valence-electron chi connectivity index (χ4n) is 3.25. The van der Waals surface area contributed by atoms with E-state index in [2.05, 4.69) is 0 Å². The Labute approximate surface area is 180 Å². The molecular weight excluding hydrogens is 402 g/mol. The molecule has 0 amide bonds. The number of ether oxygens (including phenoxy) is 1. The predicted molar refractivity (Wildman–Crippen MR) is 115 cm³/mol. The molecule has 166 valence electrons. The smallest absolute Gasteiger partial charge is 0.311 e. The molecule has 1 atom stereocenters. The average Bonchev–Trinajstić information content (AvgIpc) is 2.69. The highest BCUT2D eigenvalue weighted by Gasteiger charge is 2.38. The van der Waals surface area contributed by atoms with Gasteiger partial charge in [0.1, 0.15) is 5.75 Å². The highest BCUT2D eigenvalue weighted by molar-refractivity contribution is 5.97. The summed E-state index contributed by atoms with van der Waals surface area (Å²) in [5, 5.41) is 30.3. The number of rotatable bonds is 10. The number of aromatic hydroxyl groups is 1. The number of nitro benzene ring substituents is 1. The Hall–Kier alpha value is -3.42. The Morgan fingerprint density at radius 1 is 1.16 bits per heavy atom. The molecule has 31 heavy (non-hydrogen) atoms. The number of carbonyl (C=O) groups is 2. The number of benzene rings is 2. The van der Waals surface area contributed by atoms with Crippen molar-refractivity contribution in [1.29, 1.82) is 0 Å². The van der Waals surface area contributed by atoms with Crippen molar-refractivity contribution in [3.63, 3.8) is 0 Å². The van der Waals surface area contributed by atoms with Crippen molar-refractivity contribution in [1.82, 2.24) is 0 Å². The second-order valence-corrected chi connectivity index (χ2v) is 8.22. The number of phenolic OH excluding ortho intramolecular Hbond substituents is 1.